The molecule has 1 N–H and O–H groups in total. The average molecular weight is 237 g/mol. The van der Waals surface area contributed by atoms with Gasteiger partial charge in [-0.3, -0.25) is 0 Å². The lowest BCUT2D eigenvalue weighted by molar-refractivity contribution is 0.102. The van der Waals surface area contributed by atoms with Gasteiger partial charge < -0.3 is 5.11 Å². The van der Waals surface area contributed by atoms with Crippen LogP contribution in [0.4, 0.5) is 0 Å². The Morgan fingerprint density at radius 1 is 1.38 bits per heavy atom. The second-order valence-corrected chi connectivity index (χ2v) is 4.91. The smallest absolute Gasteiger partial charge is 0.0821 e. The van der Waals surface area contributed by atoms with Crippen molar-refractivity contribution >= 4 is 11.6 Å². The van der Waals surface area contributed by atoms with Gasteiger partial charge >= 0.3 is 0 Å². The van der Waals surface area contributed by atoms with Crippen LogP contribution in [0.3, 0.4) is 0 Å². The molecule has 16 heavy (non-hydrogen) atoms. The second-order valence-electron chi connectivity index (χ2n) is 4.50. The number of aliphatic hydroxyl groups excluding tert-OH is 1. The highest BCUT2D eigenvalue weighted by atomic mass is 35.5. The number of aryl methyl sites for hydroxylation is 1. The number of allylic oxidation sites excluding steroid dienone is 2. The Kier molecular flexibility index (Phi) is 3.67. The Morgan fingerprint density at radius 3 is 2.81 bits per heavy atom. The fraction of sp³-hybridized carbons (Fsp3) is 0.429. The maximum absolute atomic E-state index is 10.3. The summed E-state index contributed by atoms with van der Waals surface area (Å²) in [6.07, 6.45) is 7.05. The summed E-state index contributed by atoms with van der Waals surface area (Å²) in [5, 5.41) is 11.0. The number of hydrogen-bond acceptors (Lipinski definition) is 1. The molecule has 2 heteroatoms. The highest BCUT2D eigenvalue weighted by Gasteiger charge is 2.21. The number of benzene rings is 1. The first-order valence-corrected chi connectivity index (χ1v) is 6.15. The van der Waals surface area contributed by atoms with Crippen LogP contribution in [0, 0.1) is 12.8 Å². The molecule has 0 spiro atoms. The van der Waals surface area contributed by atoms with Crippen molar-refractivity contribution in [1.82, 2.24) is 0 Å². The highest BCUT2D eigenvalue weighted by molar-refractivity contribution is 6.31. The molecule has 1 aliphatic rings. The van der Waals surface area contributed by atoms with E-state index >= 15 is 0 Å². The summed E-state index contributed by atoms with van der Waals surface area (Å²) >= 11 is 6.07. The van der Waals surface area contributed by atoms with E-state index in [9.17, 15) is 5.11 Å². The van der Waals surface area contributed by atoms with Crippen LogP contribution in [-0.2, 0) is 0 Å². The van der Waals surface area contributed by atoms with E-state index in [4.69, 9.17) is 11.6 Å². The molecule has 0 saturated carbocycles. The molecular weight excluding hydrogens is 220 g/mol. The zero-order valence-electron chi connectivity index (χ0n) is 9.49. The van der Waals surface area contributed by atoms with Gasteiger partial charge in [-0.15, -0.1) is 0 Å². The van der Waals surface area contributed by atoms with Crippen molar-refractivity contribution in [2.24, 2.45) is 5.92 Å². The first-order valence-electron chi connectivity index (χ1n) is 5.77. The zero-order chi connectivity index (χ0) is 11.5. The molecule has 1 aromatic rings. The van der Waals surface area contributed by atoms with Gasteiger partial charge in [-0.05, 0) is 49.3 Å². The van der Waals surface area contributed by atoms with E-state index in [0.29, 0.717) is 5.92 Å². The molecule has 1 nitrogen and oxygen atoms in total. The van der Waals surface area contributed by atoms with Crippen molar-refractivity contribution in [1.29, 1.82) is 0 Å². The van der Waals surface area contributed by atoms with Gasteiger partial charge in [0.15, 0.2) is 0 Å². The fourth-order valence-corrected chi connectivity index (χ4v) is 2.36. The summed E-state index contributed by atoms with van der Waals surface area (Å²) in [5.74, 6) is 0.337. The van der Waals surface area contributed by atoms with Crippen LogP contribution >= 0.6 is 11.6 Å². The minimum Gasteiger partial charge on any atom is -0.388 e. The van der Waals surface area contributed by atoms with Crippen LogP contribution in [0.5, 0.6) is 0 Å². The summed E-state index contributed by atoms with van der Waals surface area (Å²) in [5.41, 5.74) is 2.00. The van der Waals surface area contributed by atoms with Gasteiger partial charge in [-0.2, -0.15) is 0 Å². The highest BCUT2D eigenvalue weighted by Crippen LogP contribution is 2.33. The molecular formula is C14H17ClO. The minimum atomic E-state index is -0.386. The largest absolute Gasteiger partial charge is 0.388 e. The first kappa shape index (κ1) is 11.7. The van der Waals surface area contributed by atoms with Gasteiger partial charge in [0.25, 0.3) is 0 Å². The molecule has 2 atom stereocenters. The lowest BCUT2D eigenvalue weighted by atomic mass is 9.86. The summed E-state index contributed by atoms with van der Waals surface area (Å²) in [4.78, 5) is 0. The maximum Gasteiger partial charge on any atom is 0.0821 e. The van der Waals surface area contributed by atoms with E-state index < -0.39 is 0 Å². The normalized spacial score (nSPS) is 22.1. The van der Waals surface area contributed by atoms with Crippen molar-refractivity contribution in [3.05, 3.63) is 46.5 Å². The lowest BCUT2D eigenvalue weighted by Crippen LogP contribution is -2.13. The van der Waals surface area contributed by atoms with Crippen LogP contribution in [0.25, 0.3) is 0 Å². The van der Waals surface area contributed by atoms with Gasteiger partial charge in [0.05, 0.1) is 6.10 Å². The summed E-state index contributed by atoms with van der Waals surface area (Å²) in [6.45, 7) is 1.97. The first-order chi connectivity index (χ1) is 7.68. The van der Waals surface area contributed by atoms with Gasteiger partial charge in [0.2, 0.25) is 0 Å². The van der Waals surface area contributed by atoms with E-state index in [0.717, 1.165) is 35.4 Å². The standard InChI is InChI=1S/C14H17ClO/c1-10-7-8-12(9-13(10)15)14(16)11-5-3-2-4-6-11/h2-3,7-9,11,14,16H,4-6H2,1H3. The predicted molar refractivity (Wildman–Crippen MR) is 67.6 cm³/mol. The number of aliphatic hydroxyl groups is 1. The van der Waals surface area contributed by atoms with E-state index in [1.165, 1.54) is 0 Å². The maximum atomic E-state index is 10.3. The molecule has 2 unspecified atom stereocenters. The summed E-state index contributed by atoms with van der Waals surface area (Å²) < 4.78 is 0. The fourth-order valence-electron chi connectivity index (χ4n) is 2.17. The van der Waals surface area contributed by atoms with E-state index in [1.54, 1.807) is 0 Å². The van der Waals surface area contributed by atoms with Crippen molar-refractivity contribution in [3.8, 4) is 0 Å². The second kappa shape index (κ2) is 5.03. The average Bonchev–Trinajstić information content (AvgIpc) is 2.33. The van der Waals surface area contributed by atoms with Gasteiger partial charge in [0, 0.05) is 5.02 Å². The molecule has 0 aromatic heterocycles. The Labute approximate surface area is 102 Å². The van der Waals surface area contributed by atoms with E-state index in [1.807, 2.05) is 25.1 Å². The van der Waals surface area contributed by atoms with Gasteiger partial charge in [-0.25, -0.2) is 0 Å². The van der Waals surface area contributed by atoms with Crippen molar-refractivity contribution in [2.75, 3.05) is 0 Å². The molecule has 0 saturated heterocycles. The molecule has 0 fully saturated rings. The van der Waals surface area contributed by atoms with Crippen LogP contribution in [0.2, 0.25) is 5.02 Å². The molecule has 2 rings (SSSR count). The van der Waals surface area contributed by atoms with Gasteiger partial charge in [0.1, 0.15) is 0 Å². The molecule has 1 aliphatic carbocycles. The quantitative estimate of drug-likeness (QED) is 0.769. The molecule has 0 radical (unpaired) electrons. The Hall–Kier alpha value is -0.790. The molecule has 0 heterocycles. The van der Waals surface area contributed by atoms with Crippen LogP contribution < -0.4 is 0 Å². The number of rotatable bonds is 2. The molecule has 0 amide bonds. The zero-order valence-corrected chi connectivity index (χ0v) is 10.2. The van der Waals surface area contributed by atoms with Crippen molar-refractivity contribution < 1.29 is 5.11 Å². The third-order valence-electron chi connectivity index (χ3n) is 3.29. The van der Waals surface area contributed by atoms with Crippen LogP contribution in [0.1, 0.15) is 36.5 Å². The third-order valence-corrected chi connectivity index (χ3v) is 3.70. The van der Waals surface area contributed by atoms with Crippen molar-refractivity contribution in [3.63, 3.8) is 0 Å². The molecule has 0 aliphatic heterocycles. The lowest BCUT2D eigenvalue weighted by Gasteiger charge is -2.24. The SMILES string of the molecule is Cc1ccc(C(O)C2CC=CCC2)cc1Cl. The Morgan fingerprint density at radius 2 is 2.19 bits per heavy atom. The minimum absolute atomic E-state index is 0.337. The topological polar surface area (TPSA) is 20.2 Å². The molecule has 0 bridgehead atoms. The summed E-state index contributed by atoms with van der Waals surface area (Å²) in [6, 6.07) is 5.84. The molecule has 86 valence electrons. The number of halogens is 1. The monoisotopic (exact) mass is 236 g/mol. The van der Waals surface area contributed by atoms with E-state index in [2.05, 4.69) is 12.2 Å². The van der Waals surface area contributed by atoms with E-state index in [-0.39, 0.29) is 6.10 Å². The van der Waals surface area contributed by atoms with Gasteiger partial charge in [-0.1, -0.05) is 35.9 Å². The molecule has 1 aromatic carbocycles. The van der Waals surface area contributed by atoms with Crippen molar-refractivity contribution in [2.45, 2.75) is 32.3 Å². The Bertz CT molecular complexity index is 398. The summed E-state index contributed by atoms with van der Waals surface area (Å²) in [7, 11) is 0. The van der Waals surface area contributed by atoms with Crippen LogP contribution in [0.15, 0.2) is 30.4 Å². The Balaban J connectivity index is 2.16. The van der Waals surface area contributed by atoms with Crippen LogP contribution in [-0.4, -0.2) is 5.11 Å². The predicted octanol–water partition coefficient (Wildman–Crippen LogP) is 4.04. The third kappa shape index (κ3) is 2.47. The number of hydrogen-bond donors (Lipinski definition) is 1.